The molecule has 0 aliphatic carbocycles. The van der Waals surface area contributed by atoms with Crippen LogP contribution in [0.4, 0.5) is 0 Å². The highest BCUT2D eigenvalue weighted by Gasteiger charge is 1.87. The zero-order valence-electron chi connectivity index (χ0n) is 7.26. The van der Waals surface area contributed by atoms with Gasteiger partial charge in [0.1, 0.15) is 0 Å². The Morgan fingerprint density at radius 2 is 2.09 bits per heavy atom. The molecule has 2 nitrogen and oxygen atoms in total. The van der Waals surface area contributed by atoms with Crippen LogP contribution in [0.5, 0.6) is 0 Å². The summed E-state index contributed by atoms with van der Waals surface area (Å²) >= 11 is 0. The molecule has 0 saturated carbocycles. The minimum atomic E-state index is -0.299. The normalized spacial score (nSPS) is 9.73. The zero-order chi connectivity index (χ0) is 8.69. The number of carbonyl (C=O) groups excluding carboxylic acids is 1. The van der Waals surface area contributed by atoms with Gasteiger partial charge in [0, 0.05) is 6.08 Å². The molecule has 0 atom stereocenters. The molecule has 2 heteroatoms. The van der Waals surface area contributed by atoms with Crippen LogP contribution >= 0.6 is 0 Å². The van der Waals surface area contributed by atoms with Crippen LogP contribution in [-0.2, 0) is 9.53 Å². The van der Waals surface area contributed by atoms with E-state index in [4.69, 9.17) is 0 Å². The molecule has 0 radical (unpaired) electrons. The second kappa shape index (κ2) is 5.71. The van der Waals surface area contributed by atoms with E-state index in [0.29, 0.717) is 0 Å². The van der Waals surface area contributed by atoms with Gasteiger partial charge in [0.15, 0.2) is 0 Å². The molecule has 0 rings (SSSR count). The van der Waals surface area contributed by atoms with Crippen LogP contribution in [0.25, 0.3) is 0 Å². The van der Waals surface area contributed by atoms with E-state index in [-0.39, 0.29) is 5.97 Å². The van der Waals surface area contributed by atoms with Crippen molar-refractivity contribution in [3.63, 3.8) is 0 Å². The van der Waals surface area contributed by atoms with E-state index in [2.05, 4.69) is 4.74 Å². The Bertz CT molecular complexity index is 174. The number of carbonyl (C=O) groups is 1. The van der Waals surface area contributed by atoms with Crippen molar-refractivity contribution in [3.05, 3.63) is 23.8 Å². The van der Waals surface area contributed by atoms with Crippen LogP contribution in [0.1, 0.15) is 20.3 Å². The van der Waals surface area contributed by atoms with E-state index in [1.54, 1.807) is 6.08 Å². The molecule has 0 aromatic rings. The lowest BCUT2D eigenvalue weighted by atomic mass is 10.2. The summed E-state index contributed by atoms with van der Waals surface area (Å²) in [5.41, 5.74) is 1.25. The number of hydrogen-bond donors (Lipinski definition) is 0. The standard InChI is InChI=1S/C9H14O2/c1-8(2)6-4-5-7-9(10)11-3/h5-7H,4H2,1-3H3/b7-5+. The molecule has 0 saturated heterocycles. The number of allylic oxidation sites excluding steroid dienone is 3. The van der Waals surface area contributed by atoms with Gasteiger partial charge in [0.25, 0.3) is 0 Å². The highest BCUT2D eigenvalue weighted by molar-refractivity contribution is 5.81. The van der Waals surface area contributed by atoms with Gasteiger partial charge >= 0.3 is 5.97 Å². The number of esters is 1. The number of hydrogen-bond acceptors (Lipinski definition) is 2. The maximum absolute atomic E-state index is 10.5. The maximum Gasteiger partial charge on any atom is 0.330 e. The SMILES string of the molecule is COC(=O)/C=C/CC=C(C)C. The van der Waals surface area contributed by atoms with Gasteiger partial charge in [-0.05, 0) is 20.3 Å². The average Bonchev–Trinajstić information content (AvgIpc) is 1.97. The predicted molar refractivity (Wildman–Crippen MR) is 45.2 cm³/mol. The van der Waals surface area contributed by atoms with E-state index < -0.39 is 0 Å². The minimum Gasteiger partial charge on any atom is -0.466 e. The number of ether oxygens (including phenoxy) is 1. The maximum atomic E-state index is 10.5. The summed E-state index contributed by atoms with van der Waals surface area (Å²) < 4.78 is 4.41. The zero-order valence-corrected chi connectivity index (χ0v) is 7.26. The summed E-state index contributed by atoms with van der Waals surface area (Å²) in [5, 5.41) is 0. The molecular formula is C9H14O2. The monoisotopic (exact) mass is 154 g/mol. The summed E-state index contributed by atoms with van der Waals surface area (Å²) in [5.74, 6) is -0.299. The molecule has 0 fully saturated rings. The van der Waals surface area contributed by atoms with Crippen molar-refractivity contribution in [2.75, 3.05) is 7.11 Å². The molecule has 0 heterocycles. The van der Waals surface area contributed by atoms with Crippen LogP contribution in [0.2, 0.25) is 0 Å². The fraction of sp³-hybridized carbons (Fsp3) is 0.444. The predicted octanol–water partition coefficient (Wildman–Crippen LogP) is 2.07. The minimum absolute atomic E-state index is 0.299. The van der Waals surface area contributed by atoms with Crippen LogP contribution in [0, 0.1) is 0 Å². The highest BCUT2D eigenvalue weighted by Crippen LogP contribution is 1.93. The molecule has 0 aromatic carbocycles. The Kier molecular flexibility index (Phi) is 5.17. The Morgan fingerprint density at radius 1 is 1.45 bits per heavy atom. The van der Waals surface area contributed by atoms with Gasteiger partial charge in [-0.3, -0.25) is 0 Å². The molecular weight excluding hydrogens is 140 g/mol. The third kappa shape index (κ3) is 6.84. The lowest BCUT2D eigenvalue weighted by molar-refractivity contribution is -0.134. The fourth-order valence-electron chi connectivity index (χ4n) is 0.536. The van der Waals surface area contributed by atoms with Gasteiger partial charge in [0.2, 0.25) is 0 Å². The Labute approximate surface area is 67.6 Å². The molecule has 0 aliphatic rings. The van der Waals surface area contributed by atoms with E-state index in [0.717, 1.165) is 6.42 Å². The molecule has 0 bridgehead atoms. The second-order valence-electron chi connectivity index (χ2n) is 2.44. The first-order valence-electron chi connectivity index (χ1n) is 3.54. The van der Waals surface area contributed by atoms with Crippen molar-refractivity contribution in [1.29, 1.82) is 0 Å². The largest absolute Gasteiger partial charge is 0.466 e. The molecule has 0 unspecified atom stereocenters. The van der Waals surface area contributed by atoms with Gasteiger partial charge < -0.3 is 4.74 Å². The van der Waals surface area contributed by atoms with Crippen LogP contribution < -0.4 is 0 Å². The molecule has 0 N–H and O–H groups in total. The third-order valence-electron chi connectivity index (χ3n) is 1.12. The van der Waals surface area contributed by atoms with E-state index in [1.165, 1.54) is 18.8 Å². The first-order valence-corrected chi connectivity index (χ1v) is 3.54. The van der Waals surface area contributed by atoms with E-state index in [1.807, 2.05) is 19.9 Å². The molecule has 0 amide bonds. The van der Waals surface area contributed by atoms with Gasteiger partial charge in [-0.25, -0.2) is 4.79 Å². The van der Waals surface area contributed by atoms with Gasteiger partial charge in [-0.1, -0.05) is 17.7 Å². The van der Waals surface area contributed by atoms with Crippen molar-refractivity contribution >= 4 is 5.97 Å². The Morgan fingerprint density at radius 3 is 2.55 bits per heavy atom. The summed E-state index contributed by atoms with van der Waals surface area (Å²) in [4.78, 5) is 10.5. The summed E-state index contributed by atoms with van der Waals surface area (Å²) in [7, 11) is 1.37. The van der Waals surface area contributed by atoms with Crippen LogP contribution in [0.3, 0.4) is 0 Å². The topological polar surface area (TPSA) is 26.3 Å². The summed E-state index contributed by atoms with van der Waals surface area (Å²) in [6.07, 6.45) is 6.04. The van der Waals surface area contributed by atoms with Crippen LogP contribution in [0.15, 0.2) is 23.8 Å². The van der Waals surface area contributed by atoms with Gasteiger partial charge in [-0.15, -0.1) is 0 Å². The molecule has 0 aliphatic heterocycles. The Hall–Kier alpha value is -1.05. The van der Waals surface area contributed by atoms with Crippen molar-refractivity contribution < 1.29 is 9.53 Å². The third-order valence-corrected chi connectivity index (χ3v) is 1.12. The van der Waals surface area contributed by atoms with E-state index >= 15 is 0 Å². The fourth-order valence-corrected chi connectivity index (χ4v) is 0.536. The molecule has 62 valence electrons. The molecule has 0 spiro atoms. The summed E-state index contributed by atoms with van der Waals surface area (Å²) in [6.45, 7) is 4.04. The molecule has 11 heavy (non-hydrogen) atoms. The van der Waals surface area contributed by atoms with Crippen molar-refractivity contribution in [2.24, 2.45) is 0 Å². The quantitative estimate of drug-likeness (QED) is 0.353. The molecule has 0 aromatic heterocycles. The second-order valence-corrected chi connectivity index (χ2v) is 2.44. The number of rotatable bonds is 3. The van der Waals surface area contributed by atoms with Crippen molar-refractivity contribution in [1.82, 2.24) is 0 Å². The summed E-state index contributed by atoms with van der Waals surface area (Å²) in [6, 6.07) is 0. The smallest absolute Gasteiger partial charge is 0.330 e. The number of methoxy groups -OCH3 is 1. The Balaban J connectivity index is 3.61. The van der Waals surface area contributed by atoms with Gasteiger partial charge in [-0.2, -0.15) is 0 Å². The first kappa shape index (κ1) is 9.95. The van der Waals surface area contributed by atoms with Crippen LogP contribution in [-0.4, -0.2) is 13.1 Å². The lowest BCUT2D eigenvalue weighted by Crippen LogP contribution is -1.92. The first-order chi connectivity index (χ1) is 5.16. The average molecular weight is 154 g/mol. The van der Waals surface area contributed by atoms with E-state index in [9.17, 15) is 4.79 Å². The van der Waals surface area contributed by atoms with Crippen molar-refractivity contribution in [3.8, 4) is 0 Å². The highest BCUT2D eigenvalue weighted by atomic mass is 16.5. The van der Waals surface area contributed by atoms with Crippen molar-refractivity contribution in [2.45, 2.75) is 20.3 Å². The lowest BCUT2D eigenvalue weighted by Gasteiger charge is -1.88. The van der Waals surface area contributed by atoms with Gasteiger partial charge in [0.05, 0.1) is 7.11 Å².